The lowest BCUT2D eigenvalue weighted by molar-refractivity contribution is 0.415. The number of phenolic OH excluding ortho intramolecular Hbond substituents is 1. The Hall–Kier alpha value is -2.39. The summed E-state index contributed by atoms with van der Waals surface area (Å²) >= 11 is 1.68. The van der Waals surface area contributed by atoms with Crippen LogP contribution in [-0.4, -0.2) is 12.2 Å². The molecule has 0 fully saturated rings. The quantitative estimate of drug-likeness (QED) is 0.716. The van der Waals surface area contributed by atoms with Crippen LogP contribution in [0.25, 0.3) is 11.1 Å². The Kier molecular flexibility index (Phi) is 4.35. The Morgan fingerprint density at radius 2 is 1.14 bits per heavy atom. The summed E-state index contributed by atoms with van der Waals surface area (Å²) in [5.41, 5.74) is 2.35. The van der Waals surface area contributed by atoms with Gasteiger partial charge in [0.1, 0.15) is 11.5 Å². The van der Waals surface area contributed by atoms with Crippen LogP contribution in [0.3, 0.4) is 0 Å². The fourth-order valence-corrected chi connectivity index (χ4v) is 2.97. The van der Waals surface area contributed by atoms with Crippen molar-refractivity contribution in [1.82, 2.24) is 0 Å². The Morgan fingerprint density at radius 1 is 0.682 bits per heavy atom. The maximum absolute atomic E-state index is 9.30. The normalized spacial score (nSPS) is 10.4. The maximum atomic E-state index is 9.30. The summed E-state index contributed by atoms with van der Waals surface area (Å²) in [5, 5.41) is 9.30. The van der Waals surface area contributed by atoms with E-state index in [1.54, 1.807) is 31.0 Å². The van der Waals surface area contributed by atoms with Crippen LogP contribution in [0.4, 0.5) is 0 Å². The zero-order valence-electron chi connectivity index (χ0n) is 12.2. The van der Waals surface area contributed by atoms with E-state index in [2.05, 4.69) is 36.4 Å². The van der Waals surface area contributed by atoms with Crippen LogP contribution in [-0.2, 0) is 0 Å². The van der Waals surface area contributed by atoms with E-state index in [1.165, 1.54) is 16.0 Å². The third-order valence-corrected chi connectivity index (χ3v) is 4.37. The summed E-state index contributed by atoms with van der Waals surface area (Å²) in [6.45, 7) is 0. The minimum Gasteiger partial charge on any atom is -0.508 e. The Morgan fingerprint density at radius 3 is 1.64 bits per heavy atom. The molecule has 0 bridgehead atoms. The van der Waals surface area contributed by atoms with Gasteiger partial charge in [0, 0.05) is 9.79 Å². The van der Waals surface area contributed by atoms with Gasteiger partial charge < -0.3 is 9.84 Å². The van der Waals surface area contributed by atoms with Crippen LogP contribution in [0.2, 0.25) is 0 Å². The van der Waals surface area contributed by atoms with Crippen LogP contribution in [0.15, 0.2) is 82.6 Å². The lowest BCUT2D eigenvalue weighted by Crippen LogP contribution is -1.83. The first kappa shape index (κ1) is 14.5. The molecule has 0 saturated heterocycles. The molecule has 0 radical (unpaired) electrons. The molecule has 22 heavy (non-hydrogen) atoms. The molecule has 0 saturated carbocycles. The van der Waals surface area contributed by atoms with Crippen molar-refractivity contribution in [3.8, 4) is 22.6 Å². The van der Waals surface area contributed by atoms with Gasteiger partial charge in [-0.2, -0.15) is 0 Å². The number of phenols is 1. The number of hydrogen-bond acceptors (Lipinski definition) is 3. The molecule has 3 rings (SSSR count). The largest absolute Gasteiger partial charge is 0.508 e. The average Bonchev–Trinajstić information content (AvgIpc) is 2.58. The van der Waals surface area contributed by atoms with Crippen LogP contribution in [0, 0.1) is 0 Å². The molecule has 0 aromatic heterocycles. The van der Waals surface area contributed by atoms with Crippen molar-refractivity contribution in [2.75, 3.05) is 7.11 Å². The highest BCUT2D eigenvalue weighted by molar-refractivity contribution is 7.99. The minimum atomic E-state index is 0.291. The highest BCUT2D eigenvalue weighted by Crippen LogP contribution is 2.31. The van der Waals surface area contributed by atoms with Crippen LogP contribution in [0.1, 0.15) is 0 Å². The van der Waals surface area contributed by atoms with E-state index in [4.69, 9.17) is 4.74 Å². The molecule has 0 atom stereocenters. The van der Waals surface area contributed by atoms with Crippen LogP contribution < -0.4 is 4.74 Å². The molecule has 0 aliphatic carbocycles. The minimum absolute atomic E-state index is 0.291. The van der Waals surface area contributed by atoms with E-state index in [-0.39, 0.29) is 0 Å². The number of rotatable bonds is 4. The van der Waals surface area contributed by atoms with E-state index in [0.29, 0.717) is 5.75 Å². The summed E-state index contributed by atoms with van der Waals surface area (Å²) in [6.07, 6.45) is 0. The third-order valence-electron chi connectivity index (χ3n) is 3.35. The second-order valence-electron chi connectivity index (χ2n) is 4.85. The molecule has 0 unspecified atom stereocenters. The number of benzene rings is 3. The molecule has 0 aliphatic heterocycles. The lowest BCUT2D eigenvalue weighted by Gasteiger charge is -2.06. The zero-order chi connectivity index (χ0) is 15.4. The smallest absolute Gasteiger partial charge is 0.118 e. The van der Waals surface area contributed by atoms with Crippen molar-refractivity contribution in [3.63, 3.8) is 0 Å². The lowest BCUT2D eigenvalue weighted by atomic mass is 10.1. The van der Waals surface area contributed by atoms with Crippen molar-refractivity contribution >= 4 is 11.8 Å². The Bertz CT molecular complexity index is 732. The van der Waals surface area contributed by atoms with E-state index in [1.807, 2.05) is 24.3 Å². The van der Waals surface area contributed by atoms with Gasteiger partial charge in [-0.05, 0) is 59.7 Å². The van der Waals surface area contributed by atoms with E-state index in [0.717, 1.165) is 10.6 Å². The Labute approximate surface area is 134 Å². The highest BCUT2D eigenvalue weighted by atomic mass is 32.2. The first-order valence-electron chi connectivity index (χ1n) is 6.96. The van der Waals surface area contributed by atoms with Gasteiger partial charge in [-0.25, -0.2) is 0 Å². The number of aromatic hydroxyl groups is 1. The molecular formula is C19H16O2S. The molecule has 110 valence electrons. The second kappa shape index (κ2) is 6.58. The summed E-state index contributed by atoms with van der Waals surface area (Å²) in [6, 6.07) is 23.7. The Balaban J connectivity index is 1.75. The van der Waals surface area contributed by atoms with Crippen molar-refractivity contribution in [2.24, 2.45) is 0 Å². The standard InChI is InChI=1S/C19H16O2S/c1-21-17-8-2-14(3-9-17)15-4-10-18(11-5-15)22-19-12-6-16(20)7-13-19/h2-13,20H,1H3. The molecule has 2 nitrogen and oxygen atoms in total. The number of hydrogen-bond donors (Lipinski definition) is 1. The van der Waals surface area contributed by atoms with Gasteiger partial charge in [-0.15, -0.1) is 0 Å². The van der Waals surface area contributed by atoms with Gasteiger partial charge in [-0.1, -0.05) is 36.0 Å². The van der Waals surface area contributed by atoms with Crippen molar-refractivity contribution in [3.05, 3.63) is 72.8 Å². The average molecular weight is 308 g/mol. The van der Waals surface area contributed by atoms with Gasteiger partial charge in [0.25, 0.3) is 0 Å². The molecule has 1 N–H and O–H groups in total. The first-order chi connectivity index (χ1) is 10.7. The molecule has 0 spiro atoms. The molecule has 0 amide bonds. The molecule has 0 aliphatic rings. The fourth-order valence-electron chi connectivity index (χ4n) is 2.15. The van der Waals surface area contributed by atoms with Crippen LogP contribution >= 0.6 is 11.8 Å². The molecule has 0 heterocycles. The van der Waals surface area contributed by atoms with E-state index in [9.17, 15) is 5.11 Å². The molecule has 3 aromatic carbocycles. The van der Waals surface area contributed by atoms with Gasteiger partial charge in [0.05, 0.1) is 7.11 Å². The monoisotopic (exact) mass is 308 g/mol. The SMILES string of the molecule is COc1ccc(-c2ccc(Sc3ccc(O)cc3)cc2)cc1. The van der Waals surface area contributed by atoms with Gasteiger partial charge in [0.2, 0.25) is 0 Å². The topological polar surface area (TPSA) is 29.5 Å². The highest BCUT2D eigenvalue weighted by Gasteiger charge is 2.01. The molecular weight excluding hydrogens is 292 g/mol. The zero-order valence-corrected chi connectivity index (χ0v) is 13.0. The van der Waals surface area contributed by atoms with Crippen molar-refractivity contribution < 1.29 is 9.84 Å². The molecule has 3 aromatic rings. The summed E-state index contributed by atoms with van der Waals surface area (Å²) < 4.78 is 5.18. The van der Waals surface area contributed by atoms with Crippen molar-refractivity contribution in [1.29, 1.82) is 0 Å². The summed E-state index contributed by atoms with van der Waals surface area (Å²) in [4.78, 5) is 2.28. The summed E-state index contributed by atoms with van der Waals surface area (Å²) in [5.74, 6) is 1.16. The van der Waals surface area contributed by atoms with Crippen LogP contribution in [0.5, 0.6) is 11.5 Å². The predicted octanol–water partition coefficient (Wildman–Crippen LogP) is 5.22. The summed E-state index contributed by atoms with van der Waals surface area (Å²) in [7, 11) is 1.67. The number of ether oxygens (including phenoxy) is 1. The second-order valence-corrected chi connectivity index (χ2v) is 6.00. The van der Waals surface area contributed by atoms with Gasteiger partial charge in [0.15, 0.2) is 0 Å². The maximum Gasteiger partial charge on any atom is 0.118 e. The first-order valence-corrected chi connectivity index (χ1v) is 7.77. The molecule has 3 heteroatoms. The van der Waals surface area contributed by atoms with E-state index >= 15 is 0 Å². The van der Waals surface area contributed by atoms with Crippen molar-refractivity contribution in [2.45, 2.75) is 9.79 Å². The number of methoxy groups -OCH3 is 1. The predicted molar refractivity (Wildman–Crippen MR) is 90.7 cm³/mol. The fraction of sp³-hybridized carbons (Fsp3) is 0.0526. The van der Waals surface area contributed by atoms with E-state index < -0.39 is 0 Å². The van der Waals surface area contributed by atoms with Gasteiger partial charge in [-0.3, -0.25) is 0 Å². The van der Waals surface area contributed by atoms with Gasteiger partial charge >= 0.3 is 0 Å². The third kappa shape index (κ3) is 3.43.